The fraction of sp³-hybridized carbons (Fsp3) is 0.346. The molecule has 1 amide bonds. The van der Waals surface area contributed by atoms with Gasteiger partial charge >= 0.3 is 6.18 Å². The van der Waals surface area contributed by atoms with Gasteiger partial charge in [0.2, 0.25) is 5.91 Å². The van der Waals surface area contributed by atoms with Crippen LogP contribution in [0, 0.1) is 12.7 Å². The maximum absolute atomic E-state index is 14.9. The number of alkyl halides is 3. The Morgan fingerprint density at radius 1 is 1.16 bits per heavy atom. The molecule has 0 bridgehead atoms. The molecule has 4 heterocycles. The minimum atomic E-state index is -4.67. The van der Waals surface area contributed by atoms with Gasteiger partial charge in [-0.25, -0.2) is 9.37 Å². The lowest BCUT2D eigenvalue weighted by Gasteiger charge is -2.28. The fourth-order valence-electron chi connectivity index (χ4n) is 4.64. The number of pyridine rings is 1. The van der Waals surface area contributed by atoms with E-state index in [0.717, 1.165) is 11.6 Å². The van der Waals surface area contributed by atoms with Crippen LogP contribution in [0.1, 0.15) is 5.56 Å². The molecule has 3 aromatic rings. The number of benzene rings is 1. The van der Waals surface area contributed by atoms with Crippen molar-refractivity contribution in [3.8, 4) is 22.4 Å². The number of hydrogen-bond donors (Lipinski definition) is 2. The van der Waals surface area contributed by atoms with Gasteiger partial charge in [0.1, 0.15) is 17.7 Å². The number of amides is 1. The molecule has 0 saturated carbocycles. The highest BCUT2D eigenvalue weighted by Gasteiger charge is 2.43. The summed E-state index contributed by atoms with van der Waals surface area (Å²) >= 11 is 0. The number of nitrogens with one attached hydrogen (secondary N) is 2. The van der Waals surface area contributed by atoms with E-state index in [2.05, 4.69) is 20.6 Å². The third kappa shape index (κ3) is 5.27. The number of halogens is 4. The largest absolute Gasteiger partial charge is 0.414 e. The van der Waals surface area contributed by atoms with Crippen molar-refractivity contribution < 1.29 is 27.1 Å². The summed E-state index contributed by atoms with van der Waals surface area (Å²) in [7, 11) is 1.80. The lowest BCUT2D eigenvalue weighted by molar-refractivity contribution is -0.122. The van der Waals surface area contributed by atoms with Crippen molar-refractivity contribution >= 4 is 17.4 Å². The second kappa shape index (κ2) is 10.2. The van der Waals surface area contributed by atoms with Gasteiger partial charge in [-0.3, -0.25) is 14.8 Å². The van der Waals surface area contributed by atoms with Crippen molar-refractivity contribution in [2.75, 3.05) is 43.1 Å². The molecule has 5 rings (SSSR count). The maximum atomic E-state index is 14.9. The van der Waals surface area contributed by atoms with Gasteiger partial charge in [0, 0.05) is 38.4 Å². The third-order valence-electron chi connectivity index (χ3n) is 6.57. The summed E-state index contributed by atoms with van der Waals surface area (Å²) in [5, 5.41) is 9.08. The van der Waals surface area contributed by atoms with Crippen LogP contribution >= 0.6 is 0 Å². The summed E-state index contributed by atoms with van der Waals surface area (Å²) in [6.07, 6.45) is -0.221. The molecular formula is C26H26F4N6O2. The van der Waals surface area contributed by atoms with Crippen LogP contribution in [0.25, 0.3) is 22.4 Å². The molecule has 1 fully saturated rings. The zero-order valence-electron chi connectivity index (χ0n) is 20.8. The fourth-order valence-corrected chi connectivity index (χ4v) is 4.64. The number of nitrogens with zero attached hydrogens (tertiary/aromatic N) is 4. The van der Waals surface area contributed by atoms with Gasteiger partial charge in [-0.2, -0.15) is 18.3 Å². The SMILES string of the molecule is Cc1cc(F)c(NC(=O)C2NCC=C2C(F)(F)F)cc1-c1cc(-c2cnn(C)c2)nc(N2CCOCC2)c1. The van der Waals surface area contributed by atoms with E-state index in [1.165, 1.54) is 12.1 Å². The number of carbonyl (C=O) groups excluding carboxylic acids is 1. The Labute approximate surface area is 216 Å². The minimum Gasteiger partial charge on any atom is -0.378 e. The van der Waals surface area contributed by atoms with Crippen LogP contribution in [-0.4, -0.2) is 65.7 Å². The summed E-state index contributed by atoms with van der Waals surface area (Å²) < 4.78 is 62.0. The van der Waals surface area contributed by atoms with Crippen molar-refractivity contribution in [3.05, 3.63) is 59.7 Å². The molecule has 0 aliphatic carbocycles. The van der Waals surface area contributed by atoms with Crippen LogP contribution in [0.4, 0.5) is 29.1 Å². The Balaban J connectivity index is 1.52. The highest BCUT2D eigenvalue weighted by Crippen LogP contribution is 2.35. The molecule has 1 unspecified atom stereocenters. The van der Waals surface area contributed by atoms with Crippen LogP contribution in [0.15, 0.2) is 48.3 Å². The van der Waals surface area contributed by atoms with Gasteiger partial charge in [0.25, 0.3) is 0 Å². The van der Waals surface area contributed by atoms with Gasteiger partial charge < -0.3 is 15.0 Å². The van der Waals surface area contributed by atoms with Crippen molar-refractivity contribution in [1.82, 2.24) is 20.1 Å². The molecule has 0 radical (unpaired) electrons. The summed E-state index contributed by atoms with van der Waals surface area (Å²) in [5.74, 6) is -1.03. The predicted octanol–water partition coefficient (Wildman–Crippen LogP) is 3.83. The Morgan fingerprint density at radius 3 is 2.61 bits per heavy atom. The molecule has 0 spiro atoms. The number of anilines is 2. The topological polar surface area (TPSA) is 84.3 Å². The Bertz CT molecular complexity index is 1390. The Kier molecular flexibility index (Phi) is 6.93. The monoisotopic (exact) mass is 530 g/mol. The smallest absolute Gasteiger partial charge is 0.378 e. The van der Waals surface area contributed by atoms with Crippen LogP contribution in [0.3, 0.4) is 0 Å². The Morgan fingerprint density at radius 2 is 1.92 bits per heavy atom. The minimum absolute atomic E-state index is 0.104. The lowest BCUT2D eigenvalue weighted by atomic mass is 9.98. The molecular weight excluding hydrogens is 504 g/mol. The van der Waals surface area contributed by atoms with E-state index in [-0.39, 0.29) is 12.2 Å². The average Bonchev–Trinajstić information content (AvgIpc) is 3.55. The van der Waals surface area contributed by atoms with E-state index in [1.807, 2.05) is 18.3 Å². The van der Waals surface area contributed by atoms with Gasteiger partial charge in [-0.05, 0) is 47.9 Å². The van der Waals surface area contributed by atoms with E-state index in [9.17, 15) is 22.4 Å². The number of aromatic nitrogens is 3. The first-order valence-electron chi connectivity index (χ1n) is 12.1. The third-order valence-corrected chi connectivity index (χ3v) is 6.57. The van der Waals surface area contributed by atoms with Gasteiger partial charge in [-0.1, -0.05) is 6.08 Å². The van der Waals surface area contributed by atoms with E-state index in [0.29, 0.717) is 54.5 Å². The van der Waals surface area contributed by atoms with Crippen molar-refractivity contribution in [3.63, 3.8) is 0 Å². The number of rotatable bonds is 5. The molecule has 2 aliphatic rings. The second-order valence-corrected chi connectivity index (χ2v) is 9.24. The molecule has 1 aromatic carbocycles. The molecule has 2 aliphatic heterocycles. The first-order chi connectivity index (χ1) is 18.1. The van der Waals surface area contributed by atoms with E-state index < -0.39 is 29.5 Å². The molecule has 2 N–H and O–H groups in total. The highest BCUT2D eigenvalue weighted by molar-refractivity contribution is 5.98. The molecule has 2 aromatic heterocycles. The van der Waals surface area contributed by atoms with Gasteiger partial charge in [-0.15, -0.1) is 0 Å². The van der Waals surface area contributed by atoms with Crippen LogP contribution in [0.5, 0.6) is 0 Å². The molecule has 1 atom stereocenters. The first kappa shape index (κ1) is 25.9. The van der Waals surface area contributed by atoms with Crippen molar-refractivity contribution in [2.45, 2.75) is 19.1 Å². The number of hydrogen-bond acceptors (Lipinski definition) is 6. The molecule has 8 nitrogen and oxygen atoms in total. The summed E-state index contributed by atoms with van der Waals surface area (Å²) in [4.78, 5) is 19.6. The van der Waals surface area contributed by atoms with E-state index >= 15 is 0 Å². The zero-order chi connectivity index (χ0) is 27.0. The summed E-state index contributed by atoms with van der Waals surface area (Å²) in [6.45, 7) is 4.04. The number of carbonyl (C=O) groups is 1. The standard InChI is InChI=1S/C26H26F4N6O2/c1-15-9-20(27)22(34-25(37)24-19(3-4-31-24)26(28,29)30)12-18(15)16-10-21(17-13-32-35(2)14-17)33-23(11-16)36-5-7-38-8-6-36/h3,9-14,24,31H,4-8H2,1-2H3,(H,34,37). The quantitative estimate of drug-likeness (QED) is 0.386. The normalized spacial score (nSPS) is 18.0. The average molecular weight is 531 g/mol. The van der Waals surface area contributed by atoms with Crippen LogP contribution < -0.4 is 15.5 Å². The molecule has 12 heteroatoms. The molecule has 1 saturated heterocycles. The van der Waals surface area contributed by atoms with Gasteiger partial charge in [0.05, 0.1) is 36.4 Å². The van der Waals surface area contributed by atoms with Crippen LogP contribution in [-0.2, 0) is 16.6 Å². The lowest BCUT2D eigenvalue weighted by Crippen LogP contribution is -2.41. The molecule has 200 valence electrons. The molecule has 38 heavy (non-hydrogen) atoms. The Hall–Kier alpha value is -3.77. The van der Waals surface area contributed by atoms with E-state index in [4.69, 9.17) is 9.72 Å². The highest BCUT2D eigenvalue weighted by atomic mass is 19.4. The predicted molar refractivity (Wildman–Crippen MR) is 134 cm³/mol. The number of morpholine rings is 1. The summed E-state index contributed by atoms with van der Waals surface area (Å²) in [6, 6.07) is 4.80. The van der Waals surface area contributed by atoms with Gasteiger partial charge in [0.15, 0.2) is 0 Å². The first-order valence-corrected chi connectivity index (χ1v) is 12.1. The van der Waals surface area contributed by atoms with Crippen LogP contribution in [0.2, 0.25) is 0 Å². The van der Waals surface area contributed by atoms with Crippen molar-refractivity contribution in [1.29, 1.82) is 0 Å². The zero-order valence-corrected chi connectivity index (χ0v) is 20.8. The summed E-state index contributed by atoms with van der Waals surface area (Å²) in [5.41, 5.74) is 2.15. The number of ether oxygens (including phenoxy) is 1. The maximum Gasteiger partial charge on any atom is 0.414 e. The van der Waals surface area contributed by atoms with Crippen molar-refractivity contribution in [2.24, 2.45) is 7.05 Å². The van der Waals surface area contributed by atoms with E-state index in [1.54, 1.807) is 24.9 Å². The second-order valence-electron chi connectivity index (χ2n) is 9.24. The number of aryl methyl sites for hydroxylation is 2.